The Kier molecular flexibility index (Phi) is 17.8. The van der Waals surface area contributed by atoms with Gasteiger partial charge in [0.2, 0.25) is 0 Å². The van der Waals surface area contributed by atoms with Gasteiger partial charge < -0.3 is 0 Å². The molecule has 0 aromatic carbocycles. The van der Waals surface area contributed by atoms with Crippen LogP contribution in [0.5, 0.6) is 0 Å². The van der Waals surface area contributed by atoms with Crippen LogP contribution in [0.2, 0.25) is 0 Å². The molecule has 0 saturated heterocycles. The van der Waals surface area contributed by atoms with Gasteiger partial charge >= 0.3 is 0 Å². The van der Waals surface area contributed by atoms with Gasteiger partial charge in [-0.15, -0.1) is 22.7 Å². The summed E-state index contributed by atoms with van der Waals surface area (Å²) < 4.78 is 0. The summed E-state index contributed by atoms with van der Waals surface area (Å²) in [4.78, 5) is 6.46. The van der Waals surface area contributed by atoms with Crippen molar-refractivity contribution >= 4 is 22.7 Å². The summed E-state index contributed by atoms with van der Waals surface area (Å²) in [7, 11) is 0. The number of hydrogen-bond donors (Lipinski definition) is 0. The predicted molar refractivity (Wildman–Crippen MR) is 157 cm³/mol. The fourth-order valence-electron chi connectivity index (χ4n) is 4.84. The van der Waals surface area contributed by atoms with Gasteiger partial charge in [-0.25, -0.2) is 4.98 Å². The van der Waals surface area contributed by atoms with Crippen LogP contribution in [-0.4, -0.2) is 4.98 Å². The molecule has 2 aromatic heterocycles. The van der Waals surface area contributed by atoms with Crippen LogP contribution in [-0.2, 0) is 12.8 Å². The molecule has 0 aliphatic heterocycles. The molecule has 3 heteroatoms. The van der Waals surface area contributed by atoms with Gasteiger partial charge in [0.05, 0.1) is 10.6 Å². The van der Waals surface area contributed by atoms with Crippen molar-refractivity contribution in [2.45, 2.75) is 155 Å². The molecule has 0 fully saturated rings. The van der Waals surface area contributed by atoms with Gasteiger partial charge in [-0.05, 0) is 42.7 Å². The molecule has 2 aromatic rings. The van der Waals surface area contributed by atoms with Gasteiger partial charge in [-0.3, -0.25) is 0 Å². The molecule has 0 saturated carbocycles. The van der Waals surface area contributed by atoms with Gasteiger partial charge in [0.1, 0.15) is 5.01 Å². The fourth-order valence-corrected chi connectivity index (χ4v) is 6.79. The van der Waals surface area contributed by atoms with Crippen molar-refractivity contribution < 1.29 is 0 Å². The van der Waals surface area contributed by atoms with Crippen LogP contribution in [0.4, 0.5) is 0 Å². The highest BCUT2D eigenvalue weighted by Crippen LogP contribution is 2.33. The lowest BCUT2D eigenvalue weighted by Crippen LogP contribution is -1.89. The molecule has 0 amide bonds. The Morgan fingerprint density at radius 3 is 1.56 bits per heavy atom. The van der Waals surface area contributed by atoms with Crippen LogP contribution < -0.4 is 0 Å². The third kappa shape index (κ3) is 13.4. The minimum atomic E-state index is 1.16. The van der Waals surface area contributed by atoms with E-state index in [1.54, 1.807) is 0 Å². The number of aromatic nitrogens is 1. The molecule has 2 rings (SSSR count). The molecule has 194 valence electrons. The summed E-state index contributed by atoms with van der Waals surface area (Å²) in [5.74, 6) is 0. The Balaban J connectivity index is 1.54. The molecule has 0 radical (unpaired) electrons. The molecule has 0 aliphatic rings. The second kappa shape index (κ2) is 20.5. The van der Waals surface area contributed by atoms with E-state index >= 15 is 0 Å². The summed E-state index contributed by atoms with van der Waals surface area (Å²) in [5.41, 5.74) is 2.85. The maximum atomic E-state index is 5.02. The van der Waals surface area contributed by atoms with Gasteiger partial charge in [0, 0.05) is 5.38 Å². The Hall–Kier alpha value is -0.670. The standard InChI is InChI=1S/C31H53NS2/c1-3-5-7-9-11-13-15-17-19-21-23-28-25-26-33-30(28)31-32-29(27-34-31)24-22-20-18-16-14-12-10-8-6-4-2/h25-27H,3-24H2,1-2H3. The average molecular weight is 504 g/mol. The minimum absolute atomic E-state index is 1.16. The van der Waals surface area contributed by atoms with E-state index in [2.05, 4.69) is 30.7 Å². The maximum Gasteiger partial charge on any atom is 0.133 e. The molecule has 0 N–H and O–H groups in total. The van der Waals surface area contributed by atoms with E-state index in [4.69, 9.17) is 4.98 Å². The molecule has 2 heterocycles. The van der Waals surface area contributed by atoms with Crippen molar-refractivity contribution in [1.82, 2.24) is 4.98 Å². The van der Waals surface area contributed by atoms with Crippen LogP contribution in [0, 0.1) is 0 Å². The third-order valence-electron chi connectivity index (χ3n) is 7.08. The first-order chi connectivity index (χ1) is 16.8. The number of thiazole rings is 1. The van der Waals surface area contributed by atoms with Crippen LogP contribution in [0.15, 0.2) is 16.8 Å². The zero-order chi connectivity index (χ0) is 24.1. The normalized spacial score (nSPS) is 11.5. The Bertz CT molecular complexity index is 702. The maximum absolute atomic E-state index is 5.02. The monoisotopic (exact) mass is 503 g/mol. The highest BCUT2D eigenvalue weighted by atomic mass is 32.1. The van der Waals surface area contributed by atoms with E-state index in [1.165, 1.54) is 156 Å². The highest BCUT2D eigenvalue weighted by Gasteiger charge is 2.11. The van der Waals surface area contributed by atoms with E-state index in [9.17, 15) is 0 Å². The van der Waals surface area contributed by atoms with Crippen molar-refractivity contribution in [2.24, 2.45) is 0 Å². The first kappa shape index (κ1) is 29.6. The topological polar surface area (TPSA) is 12.9 Å². The highest BCUT2D eigenvalue weighted by molar-refractivity contribution is 7.20. The second-order valence-corrected chi connectivity index (χ2v) is 12.1. The average Bonchev–Trinajstić information content (AvgIpc) is 3.51. The number of hydrogen-bond acceptors (Lipinski definition) is 3. The van der Waals surface area contributed by atoms with Crippen LogP contribution >= 0.6 is 22.7 Å². The summed E-state index contributed by atoms with van der Waals surface area (Å²) in [6.45, 7) is 4.59. The molecule has 0 spiro atoms. The molecule has 1 nitrogen and oxygen atoms in total. The number of nitrogens with zero attached hydrogens (tertiary/aromatic N) is 1. The molecular weight excluding hydrogens is 450 g/mol. The third-order valence-corrected chi connectivity index (χ3v) is 9.08. The zero-order valence-corrected chi connectivity index (χ0v) is 24.2. The Morgan fingerprint density at radius 1 is 0.559 bits per heavy atom. The van der Waals surface area contributed by atoms with Crippen molar-refractivity contribution in [1.29, 1.82) is 0 Å². The quantitative estimate of drug-likeness (QED) is 0.137. The fraction of sp³-hybridized carbons (Fsp3) is 0.774. The SMILES string of the molecule is CCCCCCCCCCCCc1csc(-c2sccc2CCCCCCCCCCCC)n1. The van der Waals surface area contributed by atoms with Gasteiger partial charge in [-0.2, -0.15) is 0 Å². The molecule has 0 atom stereocenters. The molecular formula is C31H53NS2. The Morgan fingerprint density at radius 2 is 1.03 bits per heavy atom. The van der Waals surface area contributed by atoms with Crippen LogP contribution in [0.1, 0.15) is 154 Å². The largest absolute Gasteiger partial charge is 0.240 e. The minimum Gasteiger partial charge on any atom is -0.240 e. The van der Waals surface area contributed by atoms with E-state index < -0.39 is 0 Å². The lowest BCUT2D eigenvalue weighted by Gasteiger charge is -2.04. The van der Waals surface area contributed by atoms with Gasteiger partial charge in [-0.1, -0.05) is 129 Å². The van der Waals surface area contributed by atoms with Crippen molar-refractivity contribution in [3.8, 4) is 9.88 Å². The van der Waals surface area contributed by atoms with E-state index in [0.29, 0.717) is 0 Å². The zero-order valence-electron chi connectivity index (χ0n) is 22.6. The van der Waals surface area contributed by atoms with E-state index in [1.807, 2.05) is 22.7 Å². The van der Waals surface area contributed by atoms with Crippen molar-refractivity contribution in [3.05, 3.63) is 28.1 Å². The Labute approximate surface area is 220 Å². The lowest BCUT2D eigenvalue weighted by atomic mass is 10.0. The van der Waals surface area contributed by atoms with Gasteiger partial charge in [0.15, 0.2) is 0 Å². The number of thiophene rings is 1. The summed E-state index contributed by atoms with van der Waals surface area (Å²) in [6, 6.07) is 2.34. The summed E-state index contributed by atoms with van der Waals surface area (Å²) in [6.07, 6.45) is 30.5. The number of rotatable bonds is 23. The van der Waals surface area contributed by atoms with Gasteiger partial charge in [0.25, 0.3) is 0 Å². The van der Waals surface area contributed by atoms with Crippen LogP contribution in [0.25, 0.3) is 9.88 Å². The summed E-state index contributed by atoms with van der Waals surface area (Å²) >= 11 is 3.75. The molecule has 0 bridgehead atoms. The van der Waals surface area contributed by atoms with Crippen molar-refractivity contribution in [3.63, 3.8) is 0 Å². The van der Waals surface area contributed by atoms with Crippen LogP contribution in [0.3, 0.4) is 0 Å². The number of unbranched alkanes of at least 4 members (excludes halogenated alkanes) is 18. The smallest absolute Gasteiger partial charge is 0.133 e. The molecule has 0 aliphatic carbocycles. The lowest BCUT2D eigenvalue weighted by molar-refractivity contribution is 0.555. The molecule has 0 unspecified atom stereocenters. The first-order valence-electron chi connectivity index (χ1n) is 14.9. The van der Waals surface area contributed by atoms with E-state index in [-0.39, 0.29) is 0 Å². The van der Waals surface area contributed by atoms with E-state index in [0.717, 1.165) is 6.42 Å². The first-order valence-corrected chi connectivity index (χ1v) is 16.6. The molecule has 34 heavy (non-hydrogen) atoms. The van der Waals surface area contributed by atoms with Crippen molar-refractivity contribution in [2.75, 3.05) is 0 Å². The second-order valence-electron chi connectivity index (χ2n) is 10.3. The summed E-state index contributed by atoms with van der Waals surface area (Å²) in [5, 5.41) is 5.84. The number of aryl methyl sites for hydroxylation is 2. The predicted octanol–water partition coefficient (Wildman–Crippen LogP) is 11.8.